The van der Waals surface area contributed by atoms with E-state index >= 15 is 0 Å². The van der Waals surface area contributed by atoms with Gasteiger partial charge in [0.2, 0.25) is 0 Å². The van der Waals surface area contributed by atoms with Crippen molar-refractivity contribution in [2.45, 2.75) is 13.8 Å². The van der Waals surface area contributed by atoms with Gasteiger partial charge in [0, 0.05) is 0 Å². The average molecular weight is 332 g/mol. The third-order valence-electron chi connectivity index (χ3n) is 4.02. The highest BCUT2D eigenvalue weighted by Gasteiger charge is 2.02. The monoisotopic (exact) mass is 332 g/mol. The molecule has 4 heteroatoms. The van der Waals surface area contributed by atoms with Crippen molar-refractivity contribution < 1.29 is 9.53 Å². The lowest BCUT2D eigenvalue weighted by Crippen LogP contribution is -2.24. The number of fused-ring (bicyclic) bond motifs is 1. The summed E-state index contributed by atoms with van der Waals surface area (Å²) in [5.41, 5.74) is 5.73. The molecule has 4 nitrogen and oxygen atoms in total. The van der Waals surface area contributed by atoms with Gasteiger partial charge in [0.25, 0.3) is 5.91 Å². The Morgan fingerprint density at radius 1 is 1.00 bits per heavy atom. The first-order chi connectivity index (χ1) is 12.1. The van der Waals surface area contributed by atoms with Gasteiger partial charge in [0.1, 0.15) is 5.75 Å². The Hall–Kier alpha value is -3.14. The van der Waals surface area contributed by atoms with E-state index in [0.717, 1.165) is 16.5 Å². The minimum atomic E-state index is -0.296. The summed E-state index contributed by atoms with van der Waals surface area (Å²) in [6.45, 7) is 3.97. The molecule has 0 radical (unpaired) electrons. The Bertz CT molecular complexity index is 932. The summed E-state index contributed by atoms with van der Waals surface area (Å²) in [6, 6.07) is 19.9. The topological polar surface area (TPSA) is 50.7 Å². The molecule has 1 N–H and O–H groups in total. The minimum Gasteiger partial charge on any atom is -0.484 e. The van der Waals surface area contributed by atoms with Crippen LogP contribution < -0.4 is 10.2 Å². The Morgan fingerprint density at radius 2 is 1.80 bits per heavy atom. The van der Waals surface area contributed by atoms with Gasteiger partial charge >= 0.3 is 0 Å². The first-order valence-electron chi connectivity index (χ1n) is 8.12. The fourth-order valence-electron chi connectivity index (χ4n) is 2.45. The lowest BCUT2D eigenvalue weighted by atomic mass is 10.1. The zero-order valence-corrected chi connectivity index (χ0v) is 14.3. The third kappa shape index (κ3) is 4.44. The lowest BCUT2D eigenvalue weighted by Gasteiger charge is -2.07. The summed E-state index contributed by atoms with van der Waals surface area (Å²) >= 11 is 0. The predicted octanol–water partition coefficient (Wildman–Crippen LogP) is 3.99. The molecule has 126 valence electrons. The van der Waals surface area contributed by atoms with Crippen molar-refractivity contribution >= 4 is 22.9 Å². The third-order valence-corrected chi connectivity index (χ3v) is 4.02. The molecule has 1 amide bonds. The molecule has 0 aliphatic heterocycles. The van der Waals surface area contributed by atoms with Crippen molar-refractivity contribution in [3.8, 4) is 5.75 Å². The summed E-state index contributed by atoms with van der Waals surface area (Å²) in [7, 11) is 0. The predicted molar refractivity (Wildman–Crippen MR) is 101 cm³/mol. The van der Waals surface area contributed by atoms with Gasteiger partial charge in [-0.1, -0.05) is 42.5 Å². The molecular formula is C21H20N2O2. The number of nitrogens with zero attached hydrogens (tertiary/aromatic N) is 1. The number of hydrogen-bond donors (Lipinski definition) is 1. The van der Waals surface area contributed by atoms with E-state index in [2.05, 4.69) is 16.6 Å². The van der Waals surface area contributed by atoms with Gasteiger partial charge in [0.15, 0.2) is 6.61 Å². The zero-order chi connectivity index (χ0) is 17.6. The fraction of sp³-hybridized carbons (Fsp3) is 0.143. The molecule has 0 atom stereocenters. The van der Waals surface area contributed by atoms with Crippen LogP contribution in [-0.2, 0) is 4.79 Å². The molecule has 0 aliphatic rings. The van der Waals surface area contributed by atoms with E-state index in [0.29, 0.717) is 5.75 Å². The average Bonchev–Trinajstić information content (AvgIpc) is 2.62. The fourth-order valence-corrected chi connectivity index (χ4v) is 2.45. The number of nitrogens with one attached hydrogen (secondary N) is 1. The van der Waals surface area contributed by atoms with Crippen LogP contribution >= 0.6 is 0 Å². The maximum Gasteiger partial charge on any atom is 0.277 e. The van der Waals surface area contributed by atoms with Gasteiger partial charge in [-0.15, -0.1) is 0 Å². The number of hydrazone groups is 1. The second-order valence-corrected chi connectivity index (χ2v) is 5.93. The quantitative estimate of drug-likeness (QED) is 0.567. The van der Waals surface area contributed by atoms with Crippen LogP contribution in [0.1, 0.15) is 16.7 Å². The number of amides is 1. The van der Waals surface area contributed by atoms with E-state index in [1.165, 1.54) is 10.9 Å². The minimum absolute atomic E-state index is 0.0719. The van der Waals surface area contributed by atoms with Gasteiger partial charge in [-0.25, -0.2) is 5.43 Å². The Labute approximate surface area is 147 Å². The maximum atomic E-state index is 11.8. The Morgan fingerprint density at radius 3 is 2.60 bits per heavy atom. The molecule has 0 unspecified atom stereocenters. The standard InChI is InChI=1S/C21H20N2O2/c1-15-7-10-20(11-16(15)2)25-14-21(24)23-22-13-17-8-9-18-5-3-4-6-19(18)12-17/h3-13H,14H2,1-2H3,(H,23,24). The molecule has 0 saturated carbocycles. The van der Waals surface area contributed by atoms with Crippen molar-refractivity contribution in [1.29, 1.82) is 0 Å². The summed E-state index contributed by atoms with van der Waals surface area (Å²) in [4.78, 5) is 11.8. The summed E-state index contributed by atoms with van der Waals surface area (Å²) in [5.74, 6) is 0.382. The Kier molecular flexibility index (Phi) is 5.09. The van der Waals surface area contributed by atoms with Gasteiger partial charge in [0.05, 0.1) is 6.21 Å². The molecule has 0 aliphatic carbocycles. The maximum absolute atomic E-state index is 11.8. The van der Waals surface area contributed by atoms with Crippen molar-refractivity contribution in [1.82, 2.24) is 5.43 Å². The molecule has 0 fully saturated rings. The summed E-state index contributed by atoms with van der Waals surface area (Å²) in [5, 5.41) is 6.29. The highest BCUT2D eigenvalue weighted by molar-refractivity contribution is 5.90. The largest absolute Gasteiger partial charge is 0.484 e. The van der Waals surface area contributed by atoms with Crippen LogP contribution in [0.25, 0.3) is 10.8 Å². The highest BCUT2D eigenvalue weighted by atomic mass is 16.5. The number of ether oxygens (including phenoxy) is 1. The first-order valence-corrected chi connectivity index (χ1v) is 8.12. The molecule has 0 aromatic heterocycles. The van der Waals surface area contributed by atoms with E-state index in [1.807, 2.05) is 68.4 Å². The van der Waals surface area contributed by atoms with Gasteiger partial charge < -0.3 is 4.74 Å². The molecule has 0 saturated heterocycles. The highest BCUT2D eigenvalue weighted by Crippen LogP contribution is 2.16. The van der Waals surface area contributed by atoms with Crippen molar-refractivity contribution in [2.24, 2.45) is 5.10 Å². The SMILES string of the molecule is Cc1ccc(OCC(=O)NN=Cc2ccc3ccccc3c2)cc1C. The first kappa shape index (κ1) is 16.7. The molecule has 3 aromatic carbocycles. The summed E-state index contributed by atoms with van der Waals surface area (Å²) in [6.07, 6.45) is 1.63. The number of carbonyl (C=O) groups excluding carboxylic acids is 1. The molecule has 0 spiro atoms. The van der Waals surface area contributed by atoms with E-state index in [9.17, 15) is 4.79 Å². The van der Waals surface area contributed by atoms with Crippen LogP contribution in [0.3, 0.4) is 0 Å². The van der Waals surface area contributed by atoms with Crippen molar-refractivity contribution in [3.63, 3.8) is 0 Å². The molecule has 25 heavy (non-hydrogen) atoms. The second kappa shape index (κ2) is 7.62. The molecule has 3 aromatic rings. The molecule has 0 bridgehead atoms. The van der Waals surface area contributed by atoms with Crippen molar-refractivity contribution in [2.75, 3.05) is 6.61 Å². The van der Waals surface area contributed by atoms with Crippen LogP contribution in [0.4, 0.5) is 0 Å². The van der Waals surface area contributed by atoms with Gasteiger partial charge in [-0.05, 0) is 59.5 Å². The lowest BCUT2D eigenvalue weighted by molar-refractivity contribution is -0.123. The van der Waals surface area contributed by atoms with Gasteiger partial charge in [-0.3, -0.25) is 4.79 Å². The molecule has 3 rings (SSSR count). The van der Waals surface area contributed by atoms with Crippen LogP contribution in [0.15, 0.2) is 65.8 Å². The molecule has 0 heterocycles. The number of benzene rings is 3. The van der Waals surface area contributed by atoms with Crippen LogP contribution in [0.5, 0.6) is 5.75 Å². The van der Waals surface area contributed by atoms with E-state index in [-0.39, 0.29) is 12.5 Å². The van der Waals surface area contributed by atoms with E-state index in [1.54, 1.807) is 6.21 Å². The smallest absolute Gasteiger partial charge is 0.277 e. The van der Waals surface area contributed by atoms with Crippen molar-refractivity contribution in [3.05, 3.63) is 77.4 Å². The summed E-state index contributed by atoms with van der Waals surface area (Å²) < 4.78 is 5.48. The van der Waals surface area contributed by atoms with Crippen LogP contribution in [0, 0.1) is 13.8 Å². The van der Waals surface area contributed by atoms with Gasteiger partial charge in [-0.2, -0.15) is 5.10 Å². The number of aryl methyl sites for hydroxylation is 2. The Balaban J connectivity index is 1.53. The van der Waals surface area contributed by atoms with E-state index < -0.39 is 0 Å². The van der Waals surface area contributed by atoms with Crippen LogP contribution in [-0.4, -0.2) is 18.7 Å². The number of rotatable bonds is 5. The number of carbonyl (C=O) groups is 1. The molecular weight excluding hydrogens is 312 g/mol. The van der Waals surface area contributed by atoms with Crippen LogP contribution in [0.2, 0.25) is 0 Å². The second-order valence-electron chi connectivity index (χ2n) is 5.93. The number of hydrogen-bond acceptors (Lipinski definition) is 3. The zero-order valence-electron chi connectivity index (χ0n) is 14.3. The van der Waals surface area contributed by atoms with E-state index in [4.69, 9.17) is 4.74 Å². The normalized spacial score (nSPS) is 11.0.